The van der Waals surface area contributed by atoms with E-state index in [9.17, 15) is 0 Å². The summed E-state index contributed by atoms with van der Waals surface area (Å²) in [5.74, 6) is 0. The van der Waals surface area contributed by atoms with Crippen molar-refractivity contribution in [3.8, 4) is 11.1 Å². The Morgan fingerprint density at radius 2 is 1.47 bits per heavy atom. The summed E-state index contributed by atoms with van der Waals surface area (Å²) in [6.07, 6.45) is 0. The molecule has 0 unspecified atom stereocenters. The molecule has 0 saturated carbocycles. The summed E-state index contributed by atoms with van der Waals surface area (Å²) >= 11 is 3.45. The van der Waals surface area contributed by atoms with Crippen LogP contribution in [0, 0.1) is 0 Å². The van der Waals surface area contributed by atoms with Crippen molar-refractivity contribution in [3.63, 3.8) is 0 Å². The molecule has 0 spiro atoms. The zero-order valence-electron chi connectivity index (χ0n) is 9.94. The first-order chi connectivity index (χ1) is 8.29. The quantitative estimate of drug-likeness (QED) is 0.604. The number of benzene rings is 2. The average molecular weight is 290 g/mol. The van der Waals surface area contributed by atoms with Crippen molar-refractivity contribution in [3.05, 3.63) is 60.2 Å². The van der Waals surface area contributed by atoms with Crippen molar-refractivity contribution in [2.75, 3.05) is 12.5 Å². The molecule has 2 aromatic carbocycles. The van der Waals surface area contributed by atoms with Crippen LogP contribution in [0.1, 0.15) is 5.56 Å². The van der Waals surface area contributed by atoms with Crippen LogP contribution in [0.25, 0.3) is 11.1 Å². The summed E-state index contributed by atoms with van der Waals surface area (Å²) < 4.78 is 0. The lowest BCUT2D eigenvalue weighted by Crippen LogP contribution is -2.14. The molecule has 0 saturated heterocycles. The standard InChI is InChI=1S/C15H16BrN/c1-17(12-16)11-13-7-9-15(10-8-13)14-5-3-2-4-6-14/h2-10H,11-12H2,1H3. The van der Waals surface area contributed by atoms with Gasteiger partial charge in [-0.15, -0.1) is 0 Å². The van der Waals surface area contributed by atoms with Gasteiger partial charge in [-0.25, -0.2) is 0 Å². The lowest BCUT2D eigenvalue weighted by atomic mass is 10.0. The number of hydrogen-bond donors (Lipinski definition) is 0. The van der Waals surface area contributed by atoms with Crippen molar-refractivity contribution in [1.29, 1.82) is 0 Å². The molecule has 0 amide bonds. The summed E-state index contributed by atoms with van der Waals surface area (Å²) in [5, 5.41) is 0. The number of nitrogens with zero attached hydrogens (tertiary/aromatic N) is 1. The minimum Gasteiger partial charge on any atom is -0.292 e. The van der Waals surface area contributed by atoms with E-state index < -0.39 is 0 Å². The highest BCUT2D eigenvalue weighted by atomic mass is 79.9. The lowest BCUT2D eigenvalue weighted by Gasteiger charge is -2.13. The van der Waals surface area contributed by atoms with Crippen LogP contribution in [0.2, 0.25) is 0 Å². The highest BCUT2D eigenvalue weighted by Crippen LogP contribution is 2.19. The molecule has 0 aliphatic carbocycles. The van der Waals surface area contributed by atoms with E-state index in [2.05, 4.69) is 76.4 Å². The van der Waals surface area contributed by atoms with Crippen LogP contribution in [0.5, 0.6) is 0 Å². The Balaban J connectivity index is 2.13. The Morgan fingerprint density at radius 3 is 2.06 bits per heavy atom. The van der Waals surface area contributed by atoms with Crippen LogP contribution in [0.3, 0.4) is 0 Å². The zero-order chi connectivity index (χ0) is 12.1. The molecular weight excluding hydrogens is 274 g/mol. The molecular formula is C15H16BrN. The molecule has 0 N–H and O–H groups in total. The third kappa shape index (κ3) is 3.42. The van der Waals surface area contributed by atoms with E-state index in [0.29, 0.717) is 0 Å². The van der Waals surface area contributed by atoms with Crippen LogP contribution >= 0.6 is 15.9 Å². The van der Waals surface area contributed by atoms with Crippen molar-refractivity contribution in [2.45, 2.75) is 6.54 Å². The van der Waals surface area contributed by atoms with Gasteiger partial charge >= 0.3 is 0 Å². The van der Waals surface area contributed by atoms with Gasteiger partial charge < -0.3 is 0 Å². The Kier molecular flexibility index (Phi) is 4.35. The van der Waals surface area contributed by atoms with E-state index in [4.69, 9.17) is 0 Å². The predicted molar refractivity (Wildman–Crippen MR) is 77.1 cm³/mol. The van der Waals surface area contributed by atoms with E-state index in [-0.39, 0.29) is 0 Å². The van der Waals surface area contributed by atoms with Gasteiger partial charge in [-0.2, -0.15) is 0 Å². The van der Waals surface area contributed by atoms with Crippen LogP contribution in [-0.4, -0.2) is 17.4 Å². The molecule has 2 rings (SSSR count). The first-order valence-corrected chi connectivity index (χ1v) is 6.80. The fourth-order valence-corrected chi connectivity index (χ4v) is 1.96. The molecule has 0 fully saturated rings. The Hall–Kier alpha value is -1.12. The number of rotatable bonds is 4. The summed E-state index contributed by atoms with van der Waals surface area (Å²) in [5.41, 5.74) is 4.78. The molecule has 88 valence electrons. The summed E-state index contributed by atoms with van der Waals surface area (Å²) in [4.78, 5) is 2.22. The number of alkyl halides is 1. The summed E-state index contributed by atoms with van der Waals surface area (Å²) in [6, 6.07) is 19.2. The molecule has 0 aliphatic rings. The van der Waals surface area contributed by atoms with Crippen LogP contribution in [0.15, 0.2) is 54.6 Å². The summed E-state index contributed by atoms with van der Waals surface area (Å²) in [7, 11) is 2.10. The maximum Gasteiger partial charge on any atom is 0.0542 e. The van der Waals surface area contributed by atoms with Crippen LogP contribution < -0.4 is 0 Å². The zero-order valence-corrected chi connectivity index (χ0v) is 11.5. The smallest absolute Gasteiger partial charge is 0.0542 e. The third-order valence-electron chi connectivity index (χ3n) is 2.72. The highest BCUT2D eigenvalue weighted by Gasteiger charge is 2.00. The van der Waals surface area contributed by atoms with Gasteiger partial charge in [0, 0.05) is 6.54 Å². The molecule has 0 aliphatic heterocycles. The molecule has 2 aromatic rings. The van der Waals surface area contributed by atoms with Crippen molar-refractivity contribution >= 4 is 15.9 Å². The molecule has 0 bridgehead atoms. The maximum absolute atomic E-state index is 3.45. The molecule has 2 heteroatoms. The van der Waals surface area contributed by atoms with Crippen molar-refractivity contribution < 1.29 is 0 Å². The minimum absolute atomic E-state index is 0.896. The average Bonchev–Trinajstić information content (AvgIpc) is 2.40. The molecule has 0 heterocycles. The molecule has 0 aromatic heterocycles. The fraction of sp³-hybridized carbons (Fsp3) is 0.200. The Morgan fingerprint density at radius 1 is 0.882 bits per heavy atom. The van der Waals surface area contributed by atoms with E-state index in [0.717, 1.165) is 12.0 Å². The first kappa shape index (κ1) is 12.3. The van der Waals surface area contributed by atoms with Crippen LogP contribution in [0.4, 0.5) is 0 Å². The van der Waals surface area contributed by atoms with E-state index in [1.165, 1.54) is 16.7 Å². The summed E-state index contributed by atoms with van der Waals surface area (Å²) in [6.45, 7) is 0.973. The molecule has 17 heavy (non-hydrogen) atoms. The predicted octanol–water partition coefficient (Wildman–Crippen LogP) is 4.14. The third-order valence-corrected chi connectivity index (χ3v) is 3.57. The molecule has 1 nitrogen and oxygen atoms in total. The SMILES string of the molecule is CN(CBr)Cc1ccc(-c2ccccc2)cc1. The van der Waals surface area contributed by atoms with Gasteiger partial charge in [-0.3, -0.25) is 4.90 Å². The lowest BCUT2D eigenvalue weighted by molar-refractivity contribution is 0.390. The number of halogens is 1. The highest BCUT2D eigenvalue weighted by molar-refractivity contribution is 9.09. The second-order valence-corrected chi connectivity index (χ2v) is 4.70. The van der Waals surface area contributed by atoms with Crippen LogP contribution in [-0.2, 0) is 6.54 Å². The van der Waals surface area contributed by atoms with Crippen molar-refractivity contribution in [1.82, 2.24) is 4.90 Å². The first-order valence-electron chi connectivity index (χ1n) is 5.68. The largest absolute Gasteiger partial charge is 0.292 e. The van der Waals surface area contributed by atoms with Gasteiger partial charge in [0.1, 0.15) is 0 Å². The Bertz CT molecular complexity index is 450. The minimum atomic E-state index is 0.896. The van der Waals surface area contributed by atoms with Gasteiger partial charge in [0.15, 0.2) is 0 Å². The second-order valence-electron chi connectivity index (χ2n) is 4.20. The topological polar surface area (TPSA) is 3.24 Å². The normalized spacial score (nSPS) is 10.8. The molecule has 0 radical (unpaired) electrons. The van der Waals surface area contributed by atoms with Gasteiger partial charge in [0.05, 0.1) is 5.45 Å². The van der Waals surface area contributed by atoms with Gasteiger partial charge in [0.25, 0.3) is 0 Å². The van der Waals surface area contributed by atoms with Gasteiger partial charge in [-0.05, 0) is 23.7 Å². The maximum atomic E-state index is 3.45. The number of hydrogen-bond acceptors (Lipinski definition) is 1. The molecule has 0 atom stereocenters. The van der Waals surface area contributed by atoms with Crippen molar-refractivity contribution in [2.24, 2.45) is 0 Å². The fourth-order valence-electron chi connectivity index (χ4n) is 1.79. The second kappa shape index (κ2) is 5.99. The van der Waals surface area contributed by atoms with E-state index >= 15 is 0 Å². The Labute approximate surface area is 111 Å². The monoisotopic (exact) mass is 289 g/mol. The van der Waals surface area contributed by atoms with E-state index in [1.54, 1.807) is 0 Å². The van der Waals surface area contributed by atoms with Gasteiger partial charge in [-0.1, -0.05) is 70.5 Å². The van der Waals surface area contributed by atoms with E-state index in [1.807, 2.05) is 6.07 Å². The van der Waals surface area contributed by atoms with Gasteiger partial charge in [0.2, 0.25) is 0 Å².